The molecule has 2 aromatic carbocycles. The maximum Gasteiger partial charge on any atom is 0.416 e. The highest BCUT2D eigenvalue weighted by Gasteiger charge is 2.34. The van der Waals surface area contributed by atoms with E-state index in [4.69, 9.17) is 9.47 Å². The lowest BCUT2D eigenvalue weighted by molar-refractivity contribution is -0.137. The molecular formula is C23H28F3N3O6S2. The fourth-order valence-electron chi connectivity index (χ4n) is 4.33. The van der Waals surface area contributed by atoms with Crippen LogP contribution in [-0.2, 0) is 31.0 Å². The monoisotopic (exact) mass is 563 g/mol. The van der Waals surface area contributed by atoms with E-state index in [1.54, 1.807) is 4.90 Å². The van der Waals surface area contributed by atoms with Crippen molar-refractivity contribution < 1.29 is 39.5 Å². The number of halogens is 3. The van der Waals surface area contributed by atoms with Crippen LogP contribution >= 0.6 is 0 Å². The van der Waals surface area contributed by atoms with Crippen LogP contribution in [0.5, 0.6) is 5.75 Å². The van der Waals surface area contributed by atoms with Crippen LogP contribution in [0.2, 0.25) is 0 Å². The second kappa shape index (κ2) is 10.8. The molecule has 2 heterocycles. The smallest absolute Gasteiger partial charge is 0.416 e. The Morgan fingerprint density at radius 1 is 1.03 bits per heavy atom. The number of methoxy groups -OCH3 is 1. The molecule has 9 nitrogen and oxygen atoms in total. The van der Waals surface area contributed by atoms with E-state index in [9.17, 15) is 30.0 Å². The van der Waals surface area contributed by atoms with Gasteiger partial charge < -0.3 is 14.4 Å². The molecule has 2 fully saturated rings. The van der Waals surface area contributed by atoms with Gasteiger partial charge in [-0.15, -0.1) is 0 Å². The Kier molecular flexibility index (Phi) is 8.04. The zero-order valence-corrected chi connectivity index (χ0v) is 21.7. The minimum Gasteiger partial charge on any atom is -0.495 e. The highest BCUT2D eigenvalue weighted by Crippen LogP contribution is 2.34. The summed E-state index contributed by atoms with van der Waals surface area (Å²) in [6.07, 6.45) is -3.16. The van der Waals surface area contributed by atoms with Crippen molar-refractivity contribution in [2.24, 2.45) is 0 Å². The first-order valence-electron chi connectivity index (χ1n) is 11.6. The summed E-state index contributed by atoms with van der Waals surface area (Å²) in [6.45, 7) is 1.12. The average molecular weight is 564 g/mol. The van der Waals surface area contributed by atoms with Crippen molar-refractivity contribution in [2.45, 2.75) is 34.9 Å². The molecule has 1 N–H and O–H groups in total. The number of hydrogen-bond acceptors (Lipinski definition) is 7. The van der Waals surface area contributed by atoms with Gasteiger partial charge in [0.05, 0.1) is 34.3 Å². The van der Waals surface area contributed by atoms with Crippen LogP contribution in [0.15, 0.2) is 52.3 Å². The summed E-state index contributed by atoms with van der Waals surface area (Å²) in [6, 6.07) is 8.07. The Morgan fingerprint density at radius 3 is 2.38 bits per heavy atom. The van der Waals surface area contributed by atoms with Crippen LogP contribution < -0.4 is 14.4 Å². The van der Waals surface area contributed by atoms with Crippen molar-refractivity contribution in [3.63, 3.8) is 0 Å². The Hall–Kier alpha value is -2.39. The van der Waals surface area contributed by atoms with Gasteiger partial charge in [-0.25, -0.2) is 21.6 Å². The van der Waals surface area contributed by atoms with Gasteiger partial charge in [0.15, 0.2) is 0 Å². The molecule has 4 rings (SSSR count). The number of rotatable bonds is 8. The second-order valence-electron chi connectivity index (χ2n) is 8.74. The minimum absolute atomic E-state index is 0.00399. The summed E-state index contributed by atoms with van der Waals surface area (Å²) >= 11 is 0. The molecule has 2 aliphatic heterocycles. The van der Waals surface area contributed by atoms with E-state index in [0.717, 1.165) is 35.3 Å². The van der Waals surface area contributed by atoms with Crippen molar-refractivity contribution >= 4 is 25.7 Å². The number of hydrogen-bond donors (Lipinski definition) is 1. The highest BCUT2D eigenvalue weighted by molar-refractivity contribution is 7.89. The van der Waals surface area contributed by atoms with Gasteiger partial charge in [-0.3, -0.25) is 0 Å². The highest BCUT2D eigenvalue weighted by atomic mass is 32.2. The molecular weight excluding hydrogens is 535 g/mol. The number of nitrogens with zero attached hydrogens (tertiary/aromatic N) is 2. The third kappa shape index (κ3) is 6.20. The minimum atomic E-state index is -4.66. The molecule has 37 heavy (non-hydrogen) atoms. The molecule has 0 saturated carbocycles. The molecule has 1 unspecified atom stereocenters. The van der Waals surface area contributed by atoms with E-state index in [-0.39, 0.29) is 43.7 Å². The predicted molar refractivity (Wildman–Crippen MR) is 130 cm³/mol. The first kappa shape index (κ1) is 27.6. The van der Waals surface area contributed by atoms with Crippen molar-refractivity contribution in [2.75, 3.05) is 51.3 Å². The van der Waals surface area contributed by atoms with Gasteiger partial charge in [0.2, 0.25) is 20.0 Å². The predicted octanol–water partition coefficient (Wildman–Crippen LogP) is 2.68. The van der Waals surface area contributed by atoms with Gasteiger partial charge in [-0.2, -0.15) is 17.5 Å². The number of nitrogens with one attached hydrogen (secondary N) is 1. The molecule has 2 saturated heterocycles. The topological polar surface area (TPSA) is 105 Å². The van der Waals surface area contributed by atoms with E-state index in [1.807, 2.05) is 0 Å². The number of benzene rings is 2. The summed E-state index contributed by atoms with van der Waals surface area (Å²) in [5.41, 5.74) is -0.568. The molecule has 0 bridgehead atoms. The third-order valence-corrected chi connectivity index (χ3v) is 9.68. The molecule has 2 aromatic rings. The lowest BCUT2D eigenvalue weighted by atomic mass is 10.2. The van der Waals surface area contributed by atoms with Crippen LogP contribution in [0.25, 0.3) is 0 Å². The fourth-order valence-corrected chi connectivity index (χ4v) is 6.88. The van der Waals surface area contributed by atoms with Crippen molar-refractivity contribution in [1.29, 1.82) is 0 Å². The Balaban J connectivity index is 1.49. The van der Waals surface area contributed by atoms with Crippen LogP contribution in [0.4, 0.5) is 18.9 Å². The average Bonchev–Trinajstić information content (AvgIpc) is 3.41. The van der Waals surface area contributed by atoms with Gasteiger partial charge in [0.1, 0.15) is 5.75 Å². The van der Waals surface area contributed by atoms with Crippen LogP contribution in [-0.4, -0.2) is 73.7 Å². The zero-order valence-electron chi connectivity index (χ0n) is 20.1. The molecule has 1 atom stereocenters. The zero-order chi connectivity index (χ0) is 26.8. The summed E-state index contributed by atoms with van der Waals surface area (Å²) in [7, 11) is -6.54. The standard InChI is InChI=1S/C23H28F3N3O6S2/c1-34-22-8-7-19(36(30,31)27-16-18-5-3-13-35-18)15-21(22)28-9-11-29(12-10-28)37(32,33)20-6-2-4-17(14-20)23(24,25)26/h2,4,6-8,14-15,18,27H,3,5,9-13,16H2,1H3. The summed E-state index contributed by atoms with van der Waals surface area (Å²) in [5, 5.41) is 0. The molecule has 0 aliphatic carbocycles. The van der Waals surface area contributed by atoms with E-state index in [1.165, 1.54) is 25.3 Å². The first-order chi connectivity index (χ1) is 17.4. The van der Waals surface area contributed by atoms with E-state index in [0.29, 0.717) is 24.1 Å². The second-order valence-corrected chi connectivity index (χ2v) is 12.4. The van der Waals surface area contributed by atoms with Crippen molar-refractivity contribution in [1.82, 2.24) is 9.03 Å². The van der Waals surface area contributed by atoms with Crippen molar-refractivity contribution in [3.05, 3.63) is 48.0 Å². The third-order valence-electron chi connectivity index (χ3n) is 6.36. The lowest BCUT2D eigenvalue weighted by Gasteiger charge is -2.36. The number of alkyl halides is 3. The summed E-state index contributed by atoms with van der Waals surface area (Å²) < 4.78 is 106. The quantitative estimate of drug-likeness (QED) is 0.527. The van der Waals surface area contributed by atoms with Crippen molar-refractivity contribution in [3.8, 4) is 5.75 Å². The molecule has 0 spiro atoms. The van der Waals surface area contributed by atoms with Gasteiger partial charge in [-0.1, -0.05) is 6.07 Å². The molecule has 0 amide bonds. The largest absolute Gasteiger partial charge is 0.495 e. The van der Waals surface area contributed by atoms with E-state index < -0.39 is 36.7 Å². The molecule has 0 aromatic heterocycles. The Labute approximate surface area is 214 Å². The van der Waals surface area contributed by atoms with Gasteiger partial charge in [0, 0.05) is 39.3 Å². The van der Waals surface area contributed by atoms with Crippen LogP contribution in [0, 0.1) is 0 Å². The Morgan fingerprint density at radius 2 is 1.76 bits per heavy atom. The van der Waals surface area contributed by atoms with Gasteiger partial charge in [-0.05, 0) is 49.2 Å². The first-order valence-corrected chi connectivity index (χ1v) is 14.6. The lowest BCUT2D eigenvalue weighted by Crippen LogP contribution is -2.48. The van der Waals surface area contributed by atoms with Gasteiger partial charge in [0.25, 0.3) is 0 Å². The molecule has 204 valence electrons. The van der Waals surface area contributed by atoms with Crippen LogP contribution in [0.3, 0.4) is 0 Å². The fraction of sp³-hybridized carbons (Fsp3) is 0.478. The van der Waals surface area contributed by atoms with E-state index in [2.05, 4.69) is 4.72 Å². The Bertz CT molecular complexity index is 1320. The summed E-state index contributed by atoms with van der Waals surface area (Å²) in [4.78, 5) is 1.38. The number of sulfonamides is 2. The maximum atomic E-state index is 13.1. The number of ether oxygens (including phenoxy) is 2. The molecule has 2 aliphatic rings. The SMILES string of the molecule is COc1ccc(S(=O)(=O)NCC2CCCO2)cc1N1CCN(S(=O)(=O)c2cccc(C(F)(F)F)c2)CC1. The number of anilines is 1. The van der Waals surface area contributed by atoms with E-state index >= 15 is 0 Å². The van der Waals surface area contributed by atoms with Crippen LogP contribution in [0.1, 0.15) is 18.4 Å². The van der Waals surface area contributed by atoms with Gasteiger partial charge >= 0.3 is 6.18 Å². The maximum absolute atomic E-state index is 13.1. The number of piperazine rings is 1. The summed E-state index contributed by atoms with van der Waals surface area (Å²) in [5.74, 6) is 0.410. The molecule has 0 radical (unpaired) electrons. The normalized spacial score (nSPS) is 19.8. The molecule has 14 heteroatoms.